The predicted molar refractivity (Wildman–Crippen MR) is 75.6 cm³/mol. The van der Waals surface area contributed by atoms with Gasteiger partial charge in [-0.3, -0.25) is 4.79 Å². The van der Waals surface area contributed by atoms with Gasteiger partial charge in [-0.05, 0) is 31.6 Å². The molecule has 0 radical (unpaired) electrons. The van der Waals surface area contributed by atoms with Crippen molar-refractivity contribution in [2.45, 2.75) is 63.8 Å². The van der Waals surface area contributed by atoms with Crippen molar-refractivity contribution in [1.29, 1.82) is 0 Å². The summed E-state index contributed by atoms with van der Waals surface area (Å²) in [6, 6.07) is -0.155. The second kappa shape index (κ2) is 6.73. The molecule has 1 aliphatic heterocycles. The zero-order valence-electron chi connectivity index (χ0n) is 11.6. The summed E-state index contributed by atoms with van der Waals surface area (Å²) in [5.74, 6) is 1.26. The Hall–Kier alpha value is -0.580. The highest BCUT2D eigenvalue weighted by atomic mass is 32.2. The van der Waals surface area contributed by atoms with Crippen LogP contribution in [0.3, 0.4) is 0 Å². The molecule has 2 rings (SSSR count). The third-order valence-corrected chi connectivity index (χ3v) is 6.14. The number of carbonyl (C=O) groups excluding carboxylic acids is 1. The van der Waals surface area contributed by atoms with E-state index in [9.17, 15) is 13.2 Å². The molecule has 1 N–H and O–H groups in total. The third-order valence-electron chi connectivity index (χ3n) is 4.32. The van der Waals surface area contributed by atoms with Crippen LogP contribution in [0.2, 0.25) is 0 Å². The van der Waals surface area contributed by atoms with Crippen LogP contribution in [0, 0.1) is 5.92 Å². The summed E-state index contributed by atoms with van der Waals surface area (Å²) in [4.78, 5) is 11.8. The molecule has 1 saturated carbocycles. The first-order valence-corrected chi connectivity index (χ1v) is 9.37. The predicted octanol–water partition coefficient (Wildman–Crippen LogP) is 2.04. The van der Waals surface area contributed by atoms with Crippen LogP contribution < -0.4 is 5.32 Å². The molecular weight excluding hydrogens is 262 g/mol. The summed E-state index contributed by atoms with van der Waals surface area (Å²) < 4.78 is 23.0. The average molecular weight is 287 g/mol. The monoisotopic (exact) mass is 287 g/mol. The molecule has 0 aromatic carbocycles. The number of amides is 1. The normalized spacial score (nSPS) is 27.3. The highest BCUT2D eigenvalue weighted by Gasteiger charge is 2.25. The van der Waals surface area contributed by atoms with E-state index in [2.05, 4.69) is 5.32 Å². The van der Waals surface area contributed by atoms with E-state index in [0.29, 0.717) is 12.8 Å². The fourth-order valence-corrected chi connectivity index (χ4v) is 4.92. The first-order chi connectivity index (χ1) is 9.05. The summed E-state index contributed by atoms with van der Waals surface area (Å²) in [5, 5.41) is 2.88. The molecule has 1 saturated heterocycles. The largest absolute Gasteiger partial charge is 0.352 e. The minimum atomic E-state index is -2.93. The van der Waals surface area contributed by atoms with Crippen LogP contribution in [0.5, 0.6) is 0 Å². The first-order valence-electron chi connectivity index (χ1n) is 7.55. The number of nitrogens with one attached hydrogen (secondary N) is 1. The van der Waals surface area contributed by atoms with Crippen LogP contribution in [0.25, 0.3) is 0 Å². The summed E-state index contributed by atoms with van der Waals surface area (Å²) >= 11 is 0. The Morgan fingerprint density at radius 3 is 2.53 bits per heavy atom. The van der Waals surface area contributed by atoms with Crippen molar-refractivity contribution in [2.75, 3.05) is 11.5 Å². The van der Waals surface area contributed by atoms with E-state index in [-0.39, 0.29) is 23.5 Å². The molecule has 0 aromatic rings. The Morgan fingerprint density at radius 1 is 1.11 bits per heavy atom. The molecule has 1 heterocycles. The van der Waals surface area contributed by atoms with Gasteiger partial charge in [-0.15, -0.1) is 0 Å². The number of carbonyl (C=O) groups is 1. The van der Waals surface area contributed by atoms with Crippen molar-refractivity contribution in [3.63, 3.8) is 0 Å². The van der Waals surface area contributed by atoms with Gasteiger partial charge in [0.1, 0.15) is 0 Å². The van der Waals surface area contributed by atoms with E-state index in [1.807, 2.05) is 0 Å². The summed E-state index contributed by atoms with van der Waals surface area (Å²) in [5.41, 5.74) is 0. The zero-order valence-corrected chi connectivity index (χ0v) is 12.4. The molecule has 0 aromatic heterocycles. The summed E-state index contributed by atoms with van der Waals surface area (Å²) in [7, 11) is -2.93. The van der Waals surface area contributed by atoms with Gasteiger partial charge in [-0.1, -0.05) is 25.7 Å². The topological polar surface area (TPSA) is 63.2 Å². The Bertz CT molecular complexity index is 399. The van der Waals surface area contributed by atoms with Crippen molar-refractivity contribution < 1.29 is 13.2 Å². The molecule has 0 bridgehead atoms. The van der Waals surface area contributed by atoms with E-state index in [1.165, 1.54) is 25.7 Å². The number of rotatable bonds is 5. The van der Waals surface area contributed by atoms with E-state index < -0.39 is 9.84 Å². The second-order valence-electron chi connectivity index (χ2n) is 6.06. The lowest BCUT2D eigenvalue weighted by atomic mass is 10.0. The number of hydrogen-bond acceptors (Lipinski definition) is 3. The SMILES string of the molecule is O=C(CCCC1CCCC1)N[C@@H]1CCCS(=O)(=O)C1. The third kappa shape index (κ3) is 5.13. The van der Waals surface area contributed by atoms with Gasteiger partial charge < -0.3 is 5.32 Å². The Labute approximate surface area is 116 Å². The van der Waals surface area contributed by atoms with Gasteiger partial charge in [0.05, 0.1) is 11.5 Å². The van der Waals surface area contributed by atoms with Crippen LogP contribution in [-0.2, 0) is 14.6 Å². The Balaban J connectivity index is 1.63. The van der Waals surface area contributed by atoms with Crippen LogP contribution in [0.4, 0.5) is 0 Å². The smallest absolute Gasteiger partial charge is 0.220 e. The molecule has 0 unspecified atom stereocenters. The number of hydrogen-bond donors (Lipinski definition) is 1. The van der Waals surface area contributed by atoms with Crippen LogP contribution in [-0.4, -0.2) is 31.9 Å². The summed E-state index contributed by atoms with van der Waals surface area (Å²) in [6.07, 6.45) is 9.45. The fourth-order valence-electron chi connectivity index (χ4n) is 3.29. The van der Waals surface area contributed by atoms with Gasteiger partial charge >= 0.3 is 0 Å². The highest BCUT2D eigenvalue weighted by Crippen LogP contribution is 2.28. The lowest BCUT2D eigenvalue weighted by molar-refractivity contribution is -0.121. The van der Waals surface area contributed by atoms with Crippen LogP contribution in [0.15, 0.2) is 0 Å². The van der Waals surface area contributed by atoms with Crippen molar-refractivity contribution in [1.82, 2.24) is 5.32 Å². The van der Waals surface area contributed by atoms with Gasteiger partial charge in [0.15, 0.2) is 9.84 Å². The van der Waals surface area contributed by atoms with Crippen molar-refractivity contribution in [3.05, 3.63) is 0 Å². The maximum Gasteiger partial charge on any atom is 0.220 e. The Morgan fingerprint density at radius 2 is 1.84 bits per heavy atom. The number of sulfone groups is 1. The van der Waals surface area contributed by atoms with Crippen molar-refractivity contribution in [3.8, 4) is 0 Å². The van der Waals surface area contributed by atoms with Crippen molar-refractivity contribution in [2.24, 2.45) is 5.92 Å². The van der Waals surface area contributed by atoms with Gasteiger partial charge in [-0.25, -0.2) is 8.42 Å². The van der Waals surface area contributed by atoms with Crippen molar-refractivity contribution >= 4 is 15.7 Å². The lowest BCUT2D eigenvalue weighted by Crippen LogP contribution is -2.43. The Kier molecular flexibility index (Phi) is 5.25. The summed E-state index contributed by atoms with van der Waals surface area (Å²) in [6.45, 7) is 0. The fraction of sp³-hybridized carbons (Fsp3) is 0.929. The molecule has 2 aliphatic rings. The molecular formula is C14H25NO3S. The first kappa shape index (κ1) is 14.8. The molecule has 1 amide bonds. The van der Waals surface area contributed by atoms with Crippen LogP contribution >= 0.6 is 0 Å². The highest BCUT2D eigenvalue weighted by molar-refractivity contribution is 7.91. The molecule has 2 fully saturated rings. The van der Waals surface area contributed by atoms with E-state index >= 15 is 0 Å². The van der Waals surface area contributed by atoms with Gasteiger partial charge in [0, 0.05) is 12.5 Å². The lowest BCUT2D eigenvalue weighted by Gasteiger charge is -2.23. The average Bonchev–Trinajstić information content (AvgIpc) is 2.80. The standard InChI is InChI=1S/C14H25NO3S/c16-14(9-3-7-12-5-1-2-6-12)15-13-8-4-10-19(17,18)11-13/h12-13H,1-11H2,(H,15,16)/t13-/m1/s1. The maximum atomic E-state index is 11.8. The second-order valence-corrected chi connectivity index (χ2v) is 8.29. The van der Waals surface area contributed by atoms with E-state index in [4.69, 9.17) is 0 Å². The molecule has 1 atom stereocenters. The van der Waals surface area contributed by atoms with Gasteiger partial charge in [0.25, 0.3) is 0 Å². The van der Waals surface area contributed by atoms with Gasteiger partial charge in [0.2, 0.25) is 5.91 Å². The maximum absolute atomic E-state index is 11.8. The zero-order chi connectivity index (χ0) is 13.7. The van der Waals surface area contributed by atoms with Crippen LogP contribution in [0.1, 0.15) is 57.8 Å². The molecule has 5 heteroatoms. The quantitative estimate of drug-likeness (QED) is 0.841. The minimum absolute atomic E-state index is 0.0279. The molecule has 110 valence electrons. The van der Waals surface area contributed by atoms with E-state index in [0.717, 1.165) is 25.2 Å². The van der Waals surface area contributed by atoms with Gasteiger partial charge in [-0.2, -0.15) is 0 Å². The molecule has 4 nitrogen and oxygen atoms in total. The van der Waals surface area contributed by atoms with E-state index in [1.54, 1.807) is 0 Å². The molecule has 19 heavy (non-hydrogen) atoms. The minimum Gasteiger partial charge on any atom is -0.352 e. The molecule has 0 spiro atoms. The molecule has 1 aliphatic carbocycles.